The molecule has 0 saturated carbocycles. The summed E-state index contributed by atoms with van der Waals surface area (Å²) in [7, 11) is 3.11. The van der Waals surface area contributed by atoms with E-state index in [-0.39, 0.29) is 11.8 Å². The Kier molecular flexibility index (Phi) is 6.11. The van der Waals surface area contributed by atoms with E-state index in [2.05, 4.69) is 5.10 Å². The summed E-state index contributed by atoms with van der Waals surface area (Å²) >= 11 is 6.58. The van der Waals surface area contributed by atoms with Crippen molar-refractivity contribution >= 4 is 57.6 Å². The number of para-hydroxylation sites is 1. The van der Waals surface area contributed by atoms with E-state index in [9.17, 15) is 9.59 Å². The number of hydrazone groups is 1. The number of hydrogen-bond acceptors (Lipinski definition) is 7. The van der Waals surface area contributed by atoms with Crippen molar-refractivity contribution in [2.45, 2.75) is 6.92 Å². The third-order valence-electron chi connectivity index (χ3n) is 4.85. The number of thioether (sulfide) groups is 1. The first-order valence-corrected chi connectivity index (χ1v) is 10.8. The van der Waals surface area contributed by atoms with Crippen LogP contribution in [-0.2, 0) is 9.59 Å². The molecule has 162 valence electrons. The highest BCUT2D eigenvalue weighted by Crippen LogP contribution is 2.35. The molecule has 2 aromatic carbocycles. The fraction of sp³-hybridized carbons (Fsp3) is 0.130. The number of amides is 2. The van der Waals surface area contributed by atoms with E-state index in [4.69, 9.17) is 21.7 Å². The molecule has 1 fully saturated rings. The van der Waals surface area contributed by atoms with Crippen LogP contribution in [0.3, 0.4) is 0 Å². The highest BCUT2D eigenvalue weighted by molar-refractivity contribution is 8.26. The molecule has 0 spiro atoms. The fourth-order valence-corrected chi connectivity index (χ4v) is 4.43. The maximum absolute atomic E-state index is 13.0. The Morgan fingerprint density at radius 3 is 2.41 bits per heavy atom. The third-order valence-corrected chi connectivity index (χ3v) is 6.18. The molecule has 0 radical (unpaired) electrons. The van der Waals surface area contributed by atoms with Gasteiger partial charge >= 0.3 is 0 Å². The van der Waals surface area contributed by atoms with Crippen molar-refractivity contribution in [1.82, 2.24) is 4.90 Å². The molecule has 2 aliphatic rings. The first-order valence-electron chi connectivity index (χ1n) is 9.59. The molecule has 0 atom stereocenters. The first kappa shape index (κ1) is 21.8. The number of carbonyl (C=O) groups is 2. The van der Waals surface area contributed by atoms with Crippen molar-refractivity contribution in [2.75, 3.05) is 19.2 Å². The van der Waals surface area contributed by atoms with Crippen LogP contribution in [0.15, 0.2) is 70.3 Å². The lowest BCUT2D eigenvalue weighted by molar-refractivity contribution is -0.120. The zero-order valence-electron chi connectivity index (χ0n) is 17.6. The Bertz CT molecular complexity index is 1200. The van der Waals surface area contributed by atoms with Gasteiger partial charge in [-0.25, -0.2) is 0 Å². The highest BCUT2D eigenvalue weighted by Gasteiger charge is 2.35. The third kappa shape index (κ3) is 4.04. The summed E-state index contributed by atoms with van der Waals surface area (Å²) in [5.74, 6) is 0.537. The van der Waals surface area contributed by atoms with Crippen LogP contribution in [0.2, 0.25) is 0 Å². The Morgan fingerprint density at radius 2 is 1.72 bits per heavy atom. The summed E-state index contributed by atoms with van der Waals surface area (Å²) < 4.78 is 10.9. The van der Waals surface area contributed by atoms with E-state index in [0.29, 0.717) is 37.7 Å². The Hall–Kier alpha value is -3.43. The summed E-state index contributed by atoms with van der Waals surface area (Å²) in [6.07, 6.45) is 3.20. The second-order valence-corrected chi connectivity index (χ2v) is 8.52. The predicted molar refractivity (Wildman–Crippen MR) is 130 cm³/mol. The van der Waals surface area contributed by atoms with Gasteiger partial charge in [0.15, 0.2) is 15.8 Å². The van der Waals surface area contributed by atoms with E-state index < -0.39 is 0 Å². The van der Waals surface area contributed by atoms with Crippen LogP contribution >= 0.6 is 24.0 Å². The summed E-state index contributed by atoms with van der Waals surface area (Å²) in [6.45, 7) is 1.73. The van der Waals surface area contributed by atoms with Crippen molar-refractivity contribution in [3.63, 3.8) is 0 Å². The fourth-order valence-electron chi connectivity index (χ4n) is 3.23. The first-order chi connectivity index (χ1) is 15.4. The molecular formula is C23H19N3O4S2. The molecule has 0 N–H and O–H groups in total. The Labute approximate surface area is 195 Å². The minimum Gasteiger partial charge on any atom is -0.493 e. The molecule has 9 heteroatoms. The number of ether oxygens (including phenoxy) is 2. The summed E-state index contributed by atoms with van der Waals surface area (Å²) in [4.78, 5) is 27.7. The average molecular weight is 466 g/mol. The number of rotatable bonds is 5. The number of nitrogens with zero attached hydrogens (tertiary/aromatic N) is 3. The number of benzene rings is 2. The van der Waals surface area contributed by atoms with Gasteiger partial charge in [0, 0.05) is 6.20 Å². The lowest BCUT2D eigenvalue weighted by atomic mass is 10.1. The van der Waals surface area contributed by atoms with Gasteiger partial charge in [0.2, 0.25) is 0 Å². The van der Waals surface area contributed by atoms with Crippen LogP contribution < -0.4 is 14.5 Å². The quantitative estimate of drug-likeness (QED) is 0.487. The largest absolute Gasteiger partial charge is 0.493 e. The van der Waals surface area contributed by atoms with Gasteiger partial charge < -0.3 is 9.47 Å². The van der Waals surface area contributed by atoms with E-state index >= 15 is 0 Å². The second-order valence-electron chi connectivity index (χ2n) is 6.85. The van der Waals surface area contributed by atoms with Crippen LogP contribution in [0, 0.1) is 0 Å². The van der Waals surface area contributed by atoms with Gasteiger partial charge in [-0.1, -0.05) is 48.2 Å². The molecule has 0 aromatic heterocycles. The van der Waals surface area contributed by atoms with Crippen LogP contribution in [0.4, 0.5) is 5.69 Å². The Morgan fingerprint density at radius 1 is 1.00 bits per heavy atom. The number of methoxy groups -OCH3 is 2. The molecule has 2 heterocycles. The Balaban J connectivity index is 1.60. The lowest BCUT2D eigenvalue weighted by Gasteiger charge is -2.12. The maximum Gasteiger partial charge on any atom is 0.282 e. The number of anilines is 1. The van der Waals surface area contributed by atoms with Crippen molar-refractivity contribution in [3.05, 3.63) is 70.8 Å². The van der Waals surface area contributed by atoms with Crippen LogP contribution in [0.5, 0.6) is 11.5 Å². The van der Waals surface area contributed by atoms with E-state index in [1.54, 1.807) is 51.5 Å². The second kappa shape index (κ2) is 8.97. The van der Waals surface area contributed by atoms with Crippen LogP contribution in [-0.4, -0.2) is 41.0 Å². The smallest absolute Gasteiger partial charge is 0.282 e. The number of carbonyl (C=O) groups excluding carboxylic acids is 2. The molecule has 1 saturated heterocycles. The van der Waals surface area contributed by atoms with Gasteiger partial charge in [-0.2, -0.15) is 10.1 Å². The van der Waals surface area contributed by atoms with Crippen molar-refractivity contribution < 1.29 is 19.1 Å². The molecule has 2 aliphatic heterocycles. The minimum atomic E-state index is -0.313. The molecule has 2 aromatic rings. The summed E-state index contributed by atoms with van der Waals surface area (Å²) in [6, 6.07) is 14.5. The van der Waals surface area contributed by atoms with E-state index in [1.165, 1.54) is 27.9 Å². The van der Waals surface area contributed by atoms with Gasteiger partial charge in [-0.3, -0.25) is 14.5 Å². The molecule has 32 heavy (non-hydrogen) atoms. The van der Waals surface area contributed by atoms with E-state index in [1.807, 2.05) is 24.3 Å². The van der Waals surface area contributed by atoms with Crippen LogP contribution in [0.25, 0.3) is 6.08 Å². The number of thiocarbonyl (C=S) groups is 1. The topological polar surface area (TPSA) is 71.4 Å². The van der Waals surface area contributed by atoms with Gasteiger partial charge in [0.05, 0.1) is 36.1 Å². The standard InChI is InChI=1S/C23H19N3O4S2/c1-14-17(21(27)26(24-14)16-7-5-4-6-8-16)13-25-22(28)20(32-23(25)31)12-15-9-10-18(29-2)19(11-15)30-3/h4-13H,1-3H3/b17-13-,20-12-. The molecule has 4 rings (SSSR count). The molecule has 0 aliphatic carbocycles. The van der Waals surface area contributed by atoms with Crippen molar-refractivity contribution in [3.8, 4) is 11.5 Å². The summed E-state index contributed by atoms with van der Waals surface area (Å²) in [5.41, 5.74) is 2.24. The van der Waals surface area contributed by atoms with Gasteiger partial charge in [0.1, 0.15) is 0 Å². The van der Waals surface area contributed by atoms with Crippen molar-refractivity contribution in [2.24, 2.45) is 5.10 Å². The van der Waals surface area contributed by atoms with Gasteiger partial charge in [-0.05, 0) is 42.8 Å². The SMILES string of the molecule is COc1ccc(/C=C2\SC(=S)N(/C=C3\C(=O)N(c4ccccc4)N=C3C)C2=O)cc1OC. The molecule has 7 nitrogen and oxygen atoms in total. The monoisotopic (exact) mass is 465 g/mol. The van der Waals surface area contributed by atoms with Gasteiger partial charge in [-0.15, -0.1) is 0 Å². The predicted octanol–water partition coefficient (Wildman–Crippen LogP) is 4.21. The molecule has 0 unspecified atom stereocenters. The average Bonchev–Trinajstić information content (AvgIpc) is 3.24. The van der Waals surface area contributed by atoms with E-state index in [0.717, 1.165) is 5.56 Å². The molecule has 2 amide bonds. The molecular weight excluding hydrogens is 446 g/mol. The summed E-state index contributed by atoms with van der Waals surface area (Å²) in [5, 5.41) is 5.66. The maximum atomic E-state index is 13.0. The number of hydrogen-bond donors (Lipinski definition) is 0. The lowest BCUT2D eigenvalue weighted by Crippen LogP contribution is -2.26. The molecule has 0 bridgehead atoms. The highest BCUT2D eigenvalue weighted by atomic mass is 32.2. The normalized spacial score (nSPS) is 18.7. The zero-order valence-corrected chi connectivity index (χ0v) is 19.2. The van der Waals surface area contributed by atoms with Crippen molar-refractivity contribution in [1.29, 1.82) is 0 Å². The minimum absolute atomic E-state index is 0.305. The zero-order chi connectivity index (χ0) is 22.8. The van der Waals surface area contributed by atoms with Gasteiger partial charge in [0.25, 0.3) is 11.8 Å². The van der Waals surface area contributed by atoms with Crippen LogP contribution in [0.1, 0.15) is 12.5 Å².